The van der Waals surface area contributed by atoms with Crippen molar-refractivity contribution in [3.63, 3.8) is 0 Å². The number of nitrogens with zero attached hydrogens (tertiary/aromatic N) is 5. The first-order valence-electron chi connectivity index (χ1n) is 7.04. The summed E-state index contributed by atoms with van der Waals surface area (Å²) in [5, 5.41) is 4.51. The number of halogens is 1. The second kappa shape index (κ2) is 5.49. The highest BCUT2D eigenvalue weighted by atomic mass is 19.1. The van der Waals surface area contributed by atoms with E-state index < -0.39 is 5.82 Å². The summed E-state index contributed by atoms with van der Waals surface area (Å²) < 4.78 is 15.6. The molecule has 0 atom stereocenters. The molecule has 1 aliphatic heterocycles. The Morgan fingerprint density at radius 3 is 2.86 bits per heavy atom. The van der Waals surface area contributed by atoms with Crippen LogP contribution >= 0.6 is 0 Å². The predicted molar refractivity (Wildman–Crippen MR) is 78.4 cm³/mol. The van der Waals surface area contributed by atoms with Crippen molar-refractivity contribution in [1.29, 1.82) is 0 Å². The summed E-state index contributed by atoms with van der Waals surface area (Å²) >= 11 is 0. The molecule has 116 valence electrons. The fraction of sp³-hybridized carbons (Fsp3) is 0.400. The van der Waals surface area contributed by atoms with Crippen LogP contribution in [0, 0.1) is 5.82 Å². The highest BCUT2D eigenvalue weighted by molar-refractivity contribution is 5.94. The molecule has 1 aliphatic rings. The van der Waals surface area contributed by atoms with Crippen LogP contribution in [0.2, 0.25) is 0 Å². The lowest BCUT2D eigenvalue weighted by molar-refractivity contribution is 0.0743. The summed E-state index contributed by atoms with van der Waals surface area (Å²) in [5.41, 5.74) is 3.11. The number of hydrogen-bond donors (Lipinski definition) is 0. The van der Waals surface area contributed by atoms with Crippen LogP contribution in [0.1, 0.15) is 27.3 Å². The lowest BCUT2D eigenvalue weighted by Crippen LogP contribution is -2.27. The average molecular weight is 303 g/mol. The first-order chi connectivity index (χ1) is 10.5. The van der Waals surface area contributed by atoms with Crippen LogP contribution < -0.4 is 0 Å². The maximum absolute atomic E-state index is 13.7. The molecule has 0 spiro atoms. The highest BCUT2D eigenvalue weighted by Gasteiger charge is 2.31. The number of fused-ring (bicyclic) bond motifs is 1. The molecule has 0 aromatic carbocycles. The normalized spacial score (nSPS) is 13.8. The Balaban J connectivity index is 1.86. The van der Waals surface area contributed by atoms with E-state index in [-0.39, 0.29) is 11.5 Å². The minimum absolute atomic E-state index is 0.0601. The van der Waals surface area contributed by atoms with Gasteiger partial charge in [-0.3, -0.25) is 14.5 Å². The number of hydrogen-bond acceptors (Lipinski definition) is 4. The number of rotatable bonds is 3. The third-order valence-electron chi connectivity index (χ3n) is 3.80. The van der Waals surface area contributed by atoms with E-state index in [4.69, 9.17) is 0 Å². The van der Waals surface area contributed by atoms with Gasteiger partial charge in [0.2, 0.25) is 0 Å². The molecule has 0 radical (unpaired) electrons. The Hall–Kier alpha value is -2.28. The molecule has 3 heterocycles. The molecule has 0 N–H and O–H groups in total. The van der Waals surface area contributed by atoms with Gasteiger partial charge in [-0.05, 0) is 20.2 Å². The molecule has 0 aliphatic carbocycles. The SMILES string of the molecule is CN(C)Cc1nn(C)c2c1CN(C(=O)c1ccncc1F)C2. The van der Waals surface area contributed by atoms with Gasteiger partial charge in [0, 0.05) is 25.4 Å². The second-order valence-electron chi connectivity index (χ2n) is 5.75. The standard InChI is InChI=1S/C15H18FN5O/c1-19(2)8-13-11-7-21(9-14(11)20(3)18-13)15(22)10-4-5-17-6-12(10)16/h4-6H,7-9H2,1-3H3. The second-order valence-corrected chi connectivity index (χ2v) is 5.75. The molecule has 6 nitrogen and oxygen atoms in total. The molecule has 22 heavy (non-hydrogen) atoms. The Bertz CT molecular complexity index is 725. The van der Waals surface area contributed by atoms with E-state index in [1.165, 1.54) is 12.3 Å². The summed E-state index contributed by atoms with van der Waals surface area (Å²) in [5.74, 6) is -0.901. The van der Waals surface area contributed by atoms with Crippen molar-refractivity contribution < 1.29 is 9.18 Å². The van der Waals surface area contributed by atoms with Gasteiger partial charge in [0.15, 0.2) is 5.82 Å². The third kappa shape index (κ3) is 2.48. The highest BCUT2D eigenvalue weighted by Crippen LogP contribution is 2.27. The molecule has 2 aromatic heterocycles. The molecule has 0 saturated carbocycles. The van der Waals surface area contributed by atoms with Gasteiger partial charge in [0.1, 0.15) is 0 Å². The predicted octanol–water partition coefficient (Wildman–Crippen LogP) is 1.17. The van der Waals surface area contributed by atoms with E-state index in [0.717, 1.165) is 29.7 Å². The first kappa shape index (κ1) is 14.6. The van der Waals surface area contributed by atoms with Crippen LogP contribution in [0.15, 0.2) is 18.5 Å². The quantitative estimate of drug-likeness (QED) is 0.854. The Kier molecular flexibility index (Phi) is 3.66. The summed E-state index contributed by atoms with van der Waals surface area (Å²) in [6, 6.07) is 1.42. The van der Waals surface area contributed by atoms with E-state index in [9.17, 15) is 9.18 Å². The van der Waals surface area contributed by atoms with Gasteiger partial charge < -0.3 is 9.80 Å². The van der Waals surface area contributed by atoms with Crippen molar-refractivity contribution >= 4 is 5.91 Å². The Morgan fingerprint density at radius 2 is 2.18 bits per heavy atom. The van der Waals surface area contributed by atoms with Crippen LogP contribution in [0.25, 0.3) is 0 Å². The van der Waals surface area contributed by atoms with Gasteiger partial charge >= 0.3 is 0 Å². The van der Waals surface area contributed by atoms with Gasteiger partial charge in [-0.25, -0.2) is 4.39 Å². The zero-order valence-corrected chi connectivity index (χ0v) is 12.9. The molecule has 7 heteroatoms. The van der Waals surface area contributed by atoms with Gasteiger partial charge in [0.05, 0.1) is 36.2 Å². The molecule has 0 bridgehead atoms. The topological polar surface area (TPSA) is 54.3 Å². The summed E-state index contributed by atoms with van der Waals surface area (Å²) in [7, 11) is 5.83. The number of amides is 1. The Morgan fingerprint density at radius 1 is 1.41 bits per heavy atom. The third-order valence-corrected chi connectivity index (χ3v) is 3.80. The summed E-state index contributed by atoms with van der Waals surface area (Å²) in [4.78, 5) is 19.9. The maximum Gasteiger partial charge on any atom is 0.257 e. The lowest BCUT2D eigenvalue weighted by atomic mass is 10.2. The van der Waals surface area contributed by atoms with Gasteiger partial charge in [0.25, 0.3) is 5.91 Å². The minimum atomic E-state index is -0.588. The van der Waals surface area contributed by atoms with Crippen molar-refractivity contribution in [2.24, 2.45) is 7.05 Å². The van der Waals surface area contributed by atoms with Crippen molar-refractivity contribution in [1.82, 2.24) is 24.6 Å². The molecular formula is C15H18FN5O. The zero-order chi connectivity index (χ0) is 15.9. The number of carbonyl (C=O) groups excluding carboxylic acids is 1. The maximum atomic E-state index is 13.7. The van der Waals surface area contributed by atoms with Crippen molar-refractivity contribution in [3.05, 3.63) is 46.8 Å². The number of pyridine rings is 1. The average Bonchev–Trinajstić information content (AvgIpc) is 3.01. The molecule has 3 rings (SSSR count). The van der Waals surface area contributed by atoms with E-state index in [1.807, 2.05) is 30.7 Å². The lowest BCUT2D eigenvalue weighted by Gasteiger charge is -2.17. The molecular weight excluding hydrogens is 285 g/mol. The van der Waals surface area contributed by atoms with E-state index in [2.05, 4.69) is 10.1 Å². The van der Waals surface area contributed by atoms with Gasteiger partial charge in [-0.15, -0.1) is 0 Å². The molecule has 0 fully saturated rings. The zero-order valence-electron chi connectivity index (χ0n) is 12.9. The van der Waals surface area contributed by atoms with Crippen LogP contribution in [-0.2, 0) is 26.7 Å². The largest absolute Gasteiger partial charge is 0.328 e. The fourth-order valence-corrected chi connectivity index (χ4v) is 2.76. The minimum Gasteiger partial charge on any atom is -0.328 e. The van der Waals surface area contributed by atoms with Gasteiger partial charge in [-0.2, -0.15) is 5.10 Å². The molecule has 1 amide bonds. The van der Waals surface area contributed by atoms with E-state index in [1.54, 1.807) is 4.90 Å². The summed E-state index contributed by atoms with van der Waals surface area (Å²) in [6.45, 7) is 1.63. The van der Waals surface area contributed by atoms with Crippen LogP contribution in [0.5, 0.6) is 0 Å². The van der Waals surface area contributed by atoms with Crippen LogP contribution in [-0.4, -0.2) is 44.6 Å². The van der Waals surface area contributed by atoms with Crippen molar-refractivity contribution in [2.75, 3.05) is 14.1 Å². The number of aryl methyl sites for hydroxylation is 1. The Labute approximate surface area is 128 Å². The first-order valence-corrected chi connectivity index (χ1v) is 7.04. The molecule has 0 unspecified atom stereocenters. The van der Waals surface area contributed by atoms with Crippen LogP contribution in [0.4, 0.5) is 4.39 Å². The monoisotopic (exact) mass is 303 g/mol. The van der Waals surface area contributed by atoms with Crippen LogP contribution in [0.3, 0.4) is 0 Å². The van der Waals surface area contributed by atoms with E-state index >= 15 is 0 Å². The molecule has 2 aromatic rings. The molecule has 0 saturated heterocycles. The fourth-order valence-electron chi connectivity index (χ4n) is 2.76. The van der Waals surface area contributed by atoms with Crippen molar-refractivity contribution in [3.8, 4) is 0 Å². The van der Waals surface area contributed by atoms with E-state index in [0.29, 0.717) is 13.1 Å². The smallest absolute Gasteiger partial charge is 0.257 e. The summed E-state index contributed by atoms with van der Waals surface area (Å²) in [6.07, 6.45) is 2.49. The number of aromatic nitrogens is 3. The van der Waals surface area contributed by atoms with Crippen molar-refractivity contribution in [2.45, 2.75) is 19.6 Å². The number of carbonyl (C=O) groups is 1. The van der Waals surface area contributed by atoms with Gasteiger partial charge in [-0.1, -0.05) is 0 Å².